The van der Waals surface area contributed by atoms with Crippen LogP contribution in [0.2, 0.25) is 0 Å². The van der Waals surface area contributed by atoms with Crippen molar-refractivity contribution in [2.24, 2.45) is 11.8 Å². The molecule has 0 spiro atoms. The molecule has 2 aliphatic heterocycles. The van der Waals surface area contributed by atoms with E-state index < -0.39 is 47.0 Å². The second-order valence-electron chi connectivity index (χ2n) is 8.66. The van der Waals surface area contributed by atoms with Crippen LogP contribution in [0, 0.1) is 17.7 Å². The predicted molar refractivity (Wildman–Crippen MR) is 126 cm³/mol. The summed E-state index contributed by atoms with van der Waals surface area (Å²) in [5.74, 6) is -2.93. The Hall–Kier alpha value is -3.46. The first-order valence-corrected chi connectivity index (χ1v) is 11.6. The second-order valence-corrected chi connectivity index (χ2v) is 8.66. The molecule has 2 saturated heterocycles. The zero-order chi connectivity index (χ0) is 25.3. The van der Waals surface area contributed by atoms with E-state index >= 15 is 0 Å². The molecular formula is C26H29FN2O6. The van der Waals surface area contributed by atoms with Gasteiger partial charge in [-0.25, -0.2) is 9.29 Å². The first kappa shape index (κ1) is 24.7. The highest BCUT2D eigenvalue weighted by Crippen LogP contribution is 2.53. The van der Waals surface area contributed by atoms with Crippen LogP contribution in [-0.4, -0.2) is 44.1 Å². The fourth-order valence-electron chi connectivity index (χ4n) is 5.36. The number of methoxy groups -OCH3 is 2. The van der Waals surface area contributed by atoms with Gasteiger partial charge >= 0.3 is 5.97 Å². The van der Waals surface area contributed by atoms with E-state index in [1.54, 1.807) is 25.1 Å². The Labute approximate surface area is 203 Å². The van der Waals surface area contributed by atoms with Crippen LogP contribution in [0.3, 0.4) is 0 Å². The molecule has 0 unspecified atom stereocenters. The number of halogens is 1. The van der Waals surface area contributed by atoms with Crippen molar-refractivity contribution in [3.63, 3.8) is 0 Å². The number of hydrogen-bond acceptors (Lipinski definition) is 7. The number of amides is 2. The van der Waals surface area contributed by atoms with Crippen LogP contribution in [0.1, 0.15) is 38.3 Å². The molecule has 2 aromatic carbocycles. The Kier molecular flexibility index (Phi) is 6.80. The molecule has 35 heavy (non-hydrogen) atoms. The number of benzene rings is 2. The highest BCUT2D eigenvalue weighted by atomic mass is 19.1. The fraction of sp³-hybridized carbons (Fsp3) is 0.423. The summed E-state index contributed by atoms with van der Waals surface area (Å²) in [6, 6.07) is 9.63. The van der Waals surface area contributed by atoms with Crippen molar-refractivity contribution in [2.75, 3.05) is 25.7 Å². The Balaban J connectivity index is 1.88. The zero-order valence-corrected chi connectivity index (χ0v) is 20.2. The van der Waals surface area contributed by atoms with E-state index in [1.165, 1.54) is 38.5 Å². The lowest BCUT2D eigenvalue weighted by atomic mass is 9.77. The molecule has 2 aliphatic rings. The molecule has 1 N–H and O–H groups in total. The summed E-state index contributed by atoms with van der Waals surface area (Å²) < 4.78 is 29.9. The third-order valence-corrected chi connectivity index (χ3v) is 6.80. The Morgan fingerprint density at radius 3 is 2.37 bits per heavy atom. The van der Waals surface area contributed by atoms with Gasteiger partial charge in [-0.3, -0.25) is 19.7 Å². The number of nitrogens with zero attached hydrogens (tertiary/aromatic N) is 1. The monoisotopic (exact) mass is 484 g/mol. The van der Waals surface area contributed by atoms with Crippen molar-refractivity contribution in [3.8, 4) is 11.5 Å². The number of ether oxygens (including phenoxy) is 3. The Morgan fingerprint density at radius 1 is 1.06 bits per heavy atom. The molecule has 9 heteroatoms. The van der Waals surface area contributed by atoms with Gasteiger partial charge in [0, 0.05) is 17.7 Å². The molecule has 4 rings (SSSR count). The third-order valence-electron chi connectivity index (χ3n) is 6.80. The summed E-state index contributed by atoms with van der Waals surface area (Å²) in [5, 5.41) is 3.34. The van der Waals surface area contributed by atoms with E-state index in [0.717, 1.165) is 4.90 Å². The van der Waals surface area contributed by atoms with Crippen molar-refractivity contribution in [2.45, 2.75) is 38.3 Å². The van der Waals surface area contributed by atoms with Gasteiger partial charge < -0.3 is 14.2 Å². The van der Waals surface area contributed by atoms with Gasteiger partial charge in [0.1, 0.15) is 22.9 Å². The van der Waals surface area contributed by atoms with E-state index in [0.29, 0.717) is 23.5 Å². The minimum Gasteiger partial charge on any atom is -0.497 e. The van der Waals surface area contributed by atoms with Crippen molar-refractivity contribution in [1.82, 2.24) is 5.32 Å². The Bertz CT molecular complexity index is 1140. The van der Waals surface area contributed by atoms with Gasteiger partial charge in [0.2, 0.25) is 11.8 Å². The summed E-state index contributed by atoms with van der Waals surface area (Å²) in [5.41, 5.74) is -0.537. The third kappa shape index (κ3) is 3.93. The average Bonchev–Trinajstić information content (AvgIpc) is 3.33. The average molecular weight is 485 g/mol. The molecule has 0 aromatic heterocycles. The molecule has 2 amide bonds. The van der Waals surface area contributed by atoms with Crippen LogP contribution in [0.5, 0.6) is 11.5 Å². The minimum atomic E-state index is -1.41. The van der Waals surface area contributed by atoms with Crippen LogP contribution in [0.4, 0.5) is 10.1 Å². The van der Waals surface area contributed by atoms with Gasteiger partial charge in [0.25, 0.3) is 0 Å². The lowest BCUT2D eigenvalue weighted by Crippen LogP contribution is -2.56. The van der Waals surface area contributed by atoms with Gasteiger partial charge in [0.05, 0.1) is 38.3 Å². The highest BCUT2D eigenvalue weighted by Gasteiger charge is 2.68. The molecule has 0 bridgehead atoms. The standard InChI is InChI=1S/C26H29FN2O6/c1-5-13-26(25(32)35-6-2)21-20(22(28-26)18-12-11-17(33-3)14-19(18)34-4)23(30)29(24(21)31)16-9-7-15(27)8-10-16/h7-12,14,20-22,28H,5-6,13H2,1-4H3/t20-,21+,22-,26+/m0/s1. The van der Waals surface area contributed by atoms with Gasteiger partial charge in [-0.1, -0.05) is 19.4 Å². The number of fused-ring (bicyclic) bond motifs is 1. The van der Waals surface area contributed by atoms with Crippen molar-refractivity contribution in [1.29, 1.82) is 0 Å². The van der Waals surface area contributed by atoms with Gasteiger partial charge in [-0.2, -0.15) is 0 Å². The molecule has 8 nitrogen and oxygen atoms in total. The largest absolute Gasteiger partial charge is 0.497 e. The number of anilines is 1. The van der Waals surface area contributed by atoms with Crippen LogP contribution >= 0.6 is 0 Å². The SMILES string of the molecule is CCC[C@@]1(C(=O)OCC)N[C@@H](c2ccc(OC)cc2OC)[C@H]2C(=O)N(c3ccc(F)cc3)C(=O)[C@@H]21. The maximum absolute atomic E-state index is 13.8. The number of nitrogens with one attached hydrogen (secondary N) is 1. The molecule has 0 aliphatic carbocycles. The summed E-state index contributed by atoms with van der Waals surface area (Å²) in [7, 11) is 3.03. The summed E-state index contributed by atoms with van der Waals surface area (Å²) in [6.07, 6.45) is 0.859. The number of hydrogen-bond donors (Lipinski definition) is 1. The maximum atomic E-state index is 13.8. The van der Waals surface area contributed by atoms with Crippen LogP contribution in [0.15, 0.2) is 42.5 Å². The van der Waals surface area contributed by atoms with Crippen molar-refractivity contribution < 1.29 is 33.0 Å². The Morgan fingerprint density at radius 2 is 1.77 bits per heavy atom. The number of imide groups is 1. The van der Waals surface area contributed by atoms with Crippen molar-refractivity contribution >= 4 is 23.5 Å². The topological polar surface area (TPSA) is 94.2 Å². The van der Waals surface area contributed by atoms with Crippen molar-refractivity contribution in [3.05, 3.63) is 53.8 Å². The van der Waals surface area contributed by atoms with Crippen LogP contribution in [0.25, 0.3) is 0 Å². The molecule has 2 fully saturated rings. The minimum absolute atomic E-state index is 0.129. The molecular weight excluding hydrogens is 455 g/mol. The summed E-state index contributed by atoms with van der Waals surface area (Å²) in [4.78, 5) is 42.1. The second kappa shape index (κ2) is 9.65. The lowest BCUT2D eigenvalue weighted by molar-refractivity contribution is -0.155. The first-order chi connectivity index (χ1) is 16.8. The maximum Gasteiger partial charge on any atom is 0.327 e. The first-order valence-electron chi connectivity index (χ1n) is 11.6. The van der Waals surface area contributed by atoms with Gasteiger partial charge in [-0.05, 0) is 43.7 Å². The normalized spacial score (nSPS) is 25.5. The van der Waals surface area contributed by atoms with Gasteiger partial charge in [-0.15, -0.1) is 0 Å². The fourth-order valence-corrected chi connectivity index (χ4v) is 5.36. The molecule has 186 valence electrons. The van der Waals surface area contributed by atoms with E-state index in [2.05, 4.69) is 5.32 Å². The van der Waals surface area contributed by atoms with E-state index in [4.69, 9.17) is 14.2 Å². The smallest absolute Gasteiger partial charge is 0.327 e. The summed E-state index contributed by atoms with van der Waals surface area (Å²) >= 11 is 0. The zero-order valence-electron chi connectivity index (χ0n) is 20.2. The number of carbonyl (C=O) groups excluding carboxylic acids is 3. The number of esters is 1. The molecule has 2 aromatic rings. The van der Waals surface area contributed by atoms with Crippen LogP contribution < -0.4 is 19.7 Å². The molecule has 0 saturated carbocycles. The number of carbonyl (C=O) groups is 3. The van der Waals surface area contributed by atoms with E-state index in [1.807, 2.05) is 6.92 Å². The highest BCUT2D eigenvalue weighted by molar-refractivity contribution is 6.24. The summed E-state index contributed by atoms with van der Waals surface area (Å²) in [6.45, 7) is 3.72. The molecule has 4 atom stereocenters. The molecule has 2 heterocycles. The number of rotatable bonds is 8. The predicted octanol–water partition coefficient (Wildman–Crippen LogP) is 3.40. The van der Waals surface area contributed by atoms with Crippen LogP contribution in [-0.2, 0) is 19.1 Å². The van der Waals surface area contributed by atoms with E-state index in [-0.39, 0.29) is 18.7 Å². The quantitative estimate of drug-likeness (QED) is 0.453. The molecule has 0 radical (unpaired) electrons. The van der Waals surface area contributed by atoms with Gasteiger partial charge in [0.15, 0.2) is 0 Å². The lowest BCUT2D eigenvalue weighted by Gasteiger charge is -2.32. The van der Waals surface area contributed by atoms with E-state index in [9.17, 15) is 18.8 Å².